The maximum atomic E-state index is 12.5. The van der Waals surface area contributed by atoms with Crippen molar-refractivity contribution in [1.29, 1.82) is 0 Å². The summed E-state index contributed by atoms with van der Waals surface area (Å²) in [4.78, 5) is 14.3. The van der Waals surface area contributed by atoms with Crippen LogP contribution in [0.2, 0.25) is 0 Å². The van der Waals surface area contributed by atoms with E-state index in [1.54, 1.807) is 0 Å². The van der Waals surface area contributed by atoms with E-state index in [1.165, 1.54) is 0 Å². The van der Waals surface area contributed by atoms with Gasteiger partial charge in [0.25, 0.3) is 5.91 Å². The molecule has 1 atom stereocenters. The SMILES string of the molecule is CCCNc1ccc(C(=O)N(C)C(C)C(C)(C)C)cc1. The Morgan fingerprint density at radius 2 is 1.80 bits per heavy atom. The third-order valence-corrected chi connectivity index (χ3v) is 3.87. The summed E-state index contributed by atoms with van der Waals surface area (Å²) in [5.74, 6) is 0.0782. The lowest BCUT2D eigenvalue weighted by Gasteiger charge is -2.35. The van der Waals surface area contributed by atoms with Crippen molar-refractivity contribution in [2.24, 2.45) is 5.41 Å². The molecule has 3 heteroatoms. The molecule has 0 radical (unpaired) electrons. The molecule has 0 aliphatic carbocycles. The van der Waals surface area contributed by atoms with Crippen molar-refractivity contribution in [3.63, 3.8) is 0 Å². The normalized spacial score (nSPS) is 12.9. The van der Waals surface area contributed by atoms with Gasteiger partial charge in [-0.25, -0.2) is 0 Å². The molecule has 20 heavy (non-hydrogen) atoms. The summed E-state index contributed by atoms with van der Waals surface area (Å²) in [7, 11) is 1.88. The number of carbonyl (C=O) groups is 1. The Hall–Kier alpha value is -1.51. The Balaban J connectivity index is 2.77. The summed E-state index contributed by atoms with van der Waals surface area (Å²) in [5.41, 5.74) is 1.88. The predicted octanol–water partition coefficient (Wildman–Crippen LogP) is 4.02. The van der Waals surface area contributed by atoms with Crippen molar-refractivity contribution in [2.45, 2.75) is 47.1 Å². The third kappa shape index (κ3) is 4.26. The van der Waals surface area contributed by atoms with Crippen LogP contribution in [0, 0.1) is 5.41 Å². The number of nitrogens with zero attached hydrogens (tertiary/aromatic N) is 1. The largest absolute Gasteiger partial charge is 0.385 e. The zero-order valence-corrected chi connectivity index (χ0v) is 13.7. The van der Waals surface area contributed by atoms with Gasteiger partial charge in [-0.05, 0) is 43.0 Å². The molecule has 1 aromatic rings. The van der Waals surface area contributed by atoms with Gasteiger partial charge in [0.2, 0.25) is 0 Å². The van der Waals surface area contributed by atoms with Crippen LogP contribution in [0.1, 0.15) is 51.4 Å². The van der Waals surface area contributed by atoms with E-state index in [-0.39, 0.29) is 17.4 Å². The molecule has 0 aliphatic rings. The van der Waals surface area contributed by atoms with E-state index in [4.69, 9.17) is 0 Å². The first-order valence-corrected chi connectivity index (χ1v) is 7.38. The highest BCUT2D eigenvalue weighted by Crippen LogP contribution is 2.24. The van der Waals surface area contributed by atoms with Gasteiger partial charge in [0.15, 0.2) is 0 Å². The maximum absolute atomic E-state index is 12.5. The molecule has 0 bridgehead atoms. The minimum Gasteiger partial charge on any atom is -0.385 e. The highest BCUT2D eigenvalue weighted by atomic mass is 16.2. The minimum atomic E-state index is 0.0764. The molecular weight excluding hydrogens is 248 g/mol. The Labute approximate surface area is 123 Å². The first-order chi connectivity index (χ1) is 9.27. The van der Waals surface area contributed by atoms with E-state index in [9.17, 15) is 4.79 Å². The topological polar surface area (TPSA) is 32.3 Å². The maximum Gasteiger partial charge on any atom is 0.253 e. The number of rotatable bonds is 5. The highest BCUT2D eigenvalue weighted by molar-refractivity contribution is 5.94. The molecule has 112 valence electrons. The fourth-order valence-electron chi connectivity index (χ4n) is 1.96. The Morgan fingerprint density at radius 1 is 1.25 bits per heavy atom. The highest BCUT2D eigenvalue weighted by Gasteiger charge is 2.27. The second kappa shape index (κ2) is 6.78. The molecule has 1 rings (SSSR count). The van der Waals surface area contributed by atoms with E-state index in [1.807, 2.05) is 36.2 Å². The first-order valence-electron chi connectivity index (χ1n) is 7.38. The van der Waals surface area contributed by atoms with Gasteiger partial charge in [0, 0.05) is 30.9 Å². The van der Waals surface area contributed by atoms with E-state index >= 15 is 0 Å². The molecule has 0 saturated heterocycles. The van der Waals surface area contributed by atoms with Crippen LogP contribution in [0.15, 0.2) is 24.3 Å². The van der Waals surface area contributed by atoms with Crippen LogP contribution in [0.3, 0.4) is 0 Å². The standard InChI is InChI=1S/C17H28N2O/c1-7-12-18-15-10-8-14(9-11-15)16(20)19(6)13(2)17(3,4)5/h8-11,13,18H,7,12H2,1-6H3. The van der Waals surface area contributed by atoms with Gasteiger partial charge in [-0.2, -0.15) is 0 Å². The van der Waals surface area contributed by atoms with E-state index in [0.29, 0.717) is 0 Å². The predicted molar refractivity (Wildman–Crippen MR) is 86.2 cm³/mol. The summed E-state index contributed by atoms with van der Waals surface area (Å²) >= 11 is 0. The van der Waals surface area contributed by atoms with Crippen LogP contribution in [-0.4, -0.2) is 30.4 Å². The monoisotopic (exact) mass is 276 g/mol. The van der Waals surface area contributed by atoms with Crippen LogP contribution in [0.4, 0.5) is 5.69 Å². The number of hydrogen-bond donors (Lipinski definition) is 1. The molecule has 0 spiro atoms. The van der Waals surface area contributed by atoms with Gasteiger partial charge < -0.3 is 10.2 Å². The average molecular weight is 276 g/mol. The van der Waals surface area contributed by atoms with Crippen molar-refractivity contribution >= 4 is 11.6 Å². The fraction of sp³-hybridized carbons (Fsp3) is 0.588. The number of carbonyl (C=O) groups excluding carboxylic acids is 1. The summed E-state index contributed by atoms with van der Waals surface area (Å²) in [6, 6.07) is 7.92. The zero-order valence-electron chi connectivity index (χ0n) is 13.7. The van der Waals surface area contributed by atoms with E-state index < -0.39 is 0 Å². The Bertz CT molecular complexity index is 431. The molecule has 0 fully saturated rings. The summed E-state index contributed by atoms with van der Waals surface area (Å²) < 4.78 is 0. The number of anilines is 1. The lowest BCUT2D eigenvalue weighted by Crippen LogP contribution is -2.42. The molecule has 0 aliphatic heterocycles. The van der Waals surface area contributed by atoms with Crippen molar-refractivity contribution in [3.05, 3.63) is 29.8 Å². The van der Waals surface area contributed by atoms with Crippen LogP contribution in [-0.2, 0) is 0 Å². The third-order valence-electron chi connectivity index (χ3n) is 3.87. The number of amides is 1. The number of benzene rings is 1. The number of nitrogens with one attached hydrogen (secondary N) is 1. The minimum absolute atomic E-state index is 0.0764. The zero-order chi connectivity index (χ0) is 15.3. The lowest BCUT2D eigenvalue weighted by molar-refractivity contribution is 0.0629. The average Bonchev–Trinajstić information content (AvgIpc) is 2.42. The quantitative estimate of drug-likeness (QED) is 0.881. The molecule has 3 nitrogen and oxygen atoms in total. The van der Waals surface area contributed by atoms with Crippen molar-refractivity contribution in [1.82, 2.24) is 4.90 Å². The van der Waals surface area contributed by atoms with Crippen LogP contribution >= 0.6 is 0 Å². The van der Waals surface area contributed by atoms with Crippen LogP contribution < -0.4 is 5.32 Å². The molecule has 1 amide bonds. The lowest BCUT2D eigenvalue weighted by atomic mass is 9.87. The van der Waals surface area contributed by atoms with Gasteiger partial charge in [-0.15, -0.1) is 0 Å². The van der Waals surface area contributed by atoms with Gasteiger partial charge in [0.05, 0.1) is 0 Å². The second-order valence-corrected chi connectivity index (χ2v) is 6.46. The molecule has 0 aromatic heterocycles. The van der Waals surface area contributed by atoms with Crippen LogP contribution in [0.5, 0.6) is 0 Å². The second-order valence-electron chi connectivity index (χ2n) is 6.46. The fourth-order valence-corrected chi connectivity index (χ4v) is 1.96. The van der Waals surface area contributed by atoms with Crippen molar-refractivity contribution < 1.29 is 4.79 Å². The van der Waals surface area contributed by atoms with E-state index in [0.717, 1.165) is 24.2 Å². The molecular formula is C17H28N2O. The van der Waals surface area contributed by atoms with E-state index in [2.05, 4.69) is 39.9 Å². The van der Waals surface area contributed by atoms with Gasteiger partial charge in [-0.3, -0.25) is 4.79 Å². The van der Waals surface area contributed by atoms with Crippen molar-refractivity contribution in [2.75, 3.05) is 18.9 Å². The Morgan fingerprint density at radius 3 is 2.25 bits per heavy atom. The van der Waals surface area contributed by atoms with Gasteiger partial charge >= 0.3 is 0 Å². The smallest absolute Gasteiger partial charge is 0.253 e. The van der Waals surface area contributed by atoms with Gasteiger partial charge in [0.1, 0.15) is 0 Å². The number of hydrogen-bond acceptors (Lipinski definition) is 2. The first kappa shape index (κ1) is 16.5. The van der Waals surface area contributed by atoms with Gasteiger partial charge in [-0.1, -0.05) is 27.7 Å². The van der Waals surface area contributed by atoms with Crippen molar-refractivity contribution in [3.8, 4) is 0 Å². The summed E-state index contributed by atoms with van der Waals surface area (Å²) in [6.45, 7) is 11.6. The molecule has 1 unspecified atom stereocenters. The summed E-state index contributed by atoms with van der Waals surface area (Å²) in [5, 5.41) is 3.31. The molecule has 1 aromatic carbocycles. The van der Waals surface area contributed by atoms with Crippen LogP contribution in [0.25, 0.3) is 0 Å². The molecule has 0 heterocycles. The Kier molecular flexibility index (Phi) is 5.61. The molecule has 1 N–H and O–H groups in total. The summed E-state index contributed by atoms with van der Waals surface area (Å²) in [6.07, 6.45) is 1.09. The molecule has 0 saturated carbocycles.